The summed E-state index contributed by atoms with van der Waals surface area (Å²) in [7, 11) is 0. The molecule has 4 heteroatoms. The fourth-order valence-electron chi connectivity index (χ4n) is 2.18. The van der Waals surface area contributed by atoms with Crippen LogP contribution >= 0.6 is 0 Å². The first-order valence-electron chi connectivity index (χ1n) is 6.00. The minimum atomic E-state index is -0.420. The number of hydrogen-bond donors (Lipinski definition) is 0. The Labute approximate surface area is 97.2 Å². The molecule has 2 aliphatic heterocycles. The van der Waals surface area contributed by atoms with Gasteiger partial charge in [0.2, 0.25) is 0 Å². The fraction of sp³-hybridized carbons (Fsp3) is 1.00. The summed E-state index contributed by atoms with van der Waals surface area (Å²) in [4.78, 5) is 0. The van der Waals surface area contributed by atoms with Crippen molar-refractivity contribution in [3.05, 3.63) is 0 Å². The zero-order valence-electron chi connectivity index (χ0n) is 10.6. The average molecular weight is 230 g/mol. The summed E-state index contributed by atoms with van der Waals surface area (Å²) in [5.41, 5.74) is 0. The highest BCUT2D eigenvalue weighted by atomic mass is 16.7. The minimum absolute atomic E-state index is 0.197. The maximum absolute atomic E-state index is 5.74. The largest absolute Gasteiger partial charge is 0.348 e. The van der Waals surface area contributed by atoms with Gasteiger partial charge in [-0.3, -0.25) is 0 Å². The molecule has 2 atom stereocenters. The molecule has 0 aromatic carbocycles. The Morgan fingerprint density at radius 3 is 1.44 bits per heavy atom. The van der Waals surface area contributed by atoms with Crippen LogP contribution in [-0.4, -0.2) is 37.0 Å². The summed E-state index contributed by atoms with van der Waals surface area (Å²) < 4.78 is 22.5. The van der Waals surface area contributed by atoms with Crippen LogP contribution in [0, 0.1) is 0 Å². The molecule has 0 aliphatic carbocycles. The lowest BCUT2D eigenvalue weighted by Crippen LogP contribution is -2.24. The standard InChI is InChI=1S/C12H22O4/c1-11(2)13-7-9(15-11)5-6-10-8-14-12(3,4)16-10/h9-10H,5-8H2,1-4H3/t9-,10+. The van der Waals surface area contributed by atoms with E-state index >= 15 is 0 Å². The molecule has 0 saturated carbocycles. The third kappa shape index (κ3) is 3.17. The third-order valence-corrected chi connectivity index (χ3v) is 2.95. The Balaban J connectivity index is 1.69. The van der Waals surface area contributed by atoms with Crippen LogP contribution < -0.4 is 0 Å². The van der Waals surface area contributed by atoms with E-state index in [-0.39, 0.29) is 12.2 Å². The lowest BCUT2D eigenvalue weighted by atomic mass is 10.1. The van der Waals surface area contributed by atoms with Crippen molar-refractivity contribution in [1.29, 1.82) is 0 Å². The van der Waals surface area contributed by atoms with Crippen LogP contribution in [0.15, 0.2) is 0 Å². The summed E-state index contributed by atoms with van der Waals surface area (Å²) >= 11 is 0. The Morgan fingerprint density at radius 1 is 0.812 bits per heavy atom. The van der Waals surface area contributed by atoms with Gasteiger partial charge in [0.1, 0.15) is 0 Å². The molecule has 0 spiro atoms. The molecule has 0 amide bonds. The van der Waals surface area contributed by atoms with Crippen LogP contribution in [0.1, 0.15) is 40.5 Å². The average Bonchev–Trinajstić information content (AvgIpc) is 2.66. The van der Waals surface area contributed by atoms with Crippen LogP contribution in [0.25, 0.3) is 0 Å². The molecular formula is C12H22O4. The quantitative estimate of drug-likeness (QED) is 0.743. The van der Waals surface area contributed by atoms with E-state index in [4.69, 9.17) is 18.9 Å². The second-order valence-corrected chi connectivity index (χ2v) is 5.48. The zero-order valence-corrected chi connectivity index (χ0v) is 10.6. The van der Waals surface area contributed by atoms with Crippen LogP contribution in [-0.2, 0) is 18.9 Å². The predicted octanol–water partition coefficient (Wildman–Crippen LogP) is 2.07. The van der Waals surface area contributed by atoms with E-state index in [1.165, 1.54) is 0 Å². The Hall–Kier alpha value is -0.160. The second kappa shape index (κ2) is 4.26. The maximum atomic E-state index is 5.74. The van der Waals surface area contributed by atoms with Crippen molar-refractivity contribution in [1.82, 2.24) is 0 Å². The summed E-state index contributed by atoms with van der Waals surface area (Å²) in [6.07, 6.45) is 2.32. The van der Waals surface area contributed by atoms with Crippen LogP contribution in [0.3, 0.4) is 0 Å². The molecule has 0 aromatic heterocycles. The summed E-state index contributed by atoms with van der Waals surface area (Å²) in [6, 6.07) is 0. The molecular weight excluding hydrogens is 208 g/mol. The molecule has 0 unspecified atom stereocenters. The van der Waals surface area contributed by atoms with Crippen molar-refractivity contribution >= 4 is 0 Å². The van der Waals surface area contributed by atoms with Crippen molar-refractivity contribution in [2.45, 2.75) is 64.3 Å². The van der Waals surface area contributed by atoms with Crippen LogP contribution in [0.5, 0.6) is 0 Å². The molecule has 16 heavy (non-hydrogen) atoms. The Bertz CT molecular complexity index is 223. The van der Waals surface area contributed by atoms with Gasteiger partial charge >= 0.3 is 0 Å². The van der Waals surface area contributed by atoms with E-state index in [0.29, 0.717) is 13.2 Å². The van der Waals surface area contributed by atoms with E-state index in [2.05, 4.69) is 0 Å². The lowest BCUT2D eigenvalue weighted by Gasteiger charge is -2.19. The molecule has 2 rings (SSSR count). The normalized spacial score (nSPS) is 36.8. The van der Waals surface area contributed by atoms with Gasteiger partial charge in [-0.05, 0) is 40.5 Å². The SMILES string of the molecule is CC1(C)OC[C@@H](CC[C@H]2COC(C)(C)O2)O1. The molecule has 2 saturated heterocycles. The van der Waals surface area contributed by atoms with Gasteiger partial charge in [0.05, 0.1) is 25.4 Å². The van der Waals surface area contributed by atoms with Crippen molar-refractivity contribution in [2.24, 2.45) is 0 Å². The molecule has 2 aliphatic rings. The first-order valence-corrected chi connectivity index (χ1v) is 6.00. The van der Waals surface area contributed by atoms with E-state index in [1.54, 1.807) is 0 Å². The monoisotopic (exact) mass is 230 g/mol. The Kier molecular flexibility index (Phi) is 3.27. The van der Waals surface area contributed by atoms with Crippen LogP contribution in [0.2, 0.25) is 0 Å². The predicted molar refractivity (Wildman–Crippen MR) is 59.0 cm³/mol. The van der Waals surface area contributed by atoms with Gasteiger partial charge in [-0.25, -0.2) is 0 Å². The first kappa shape index (κ1) is 12.3. The zero-order chi connectivity index (χ0) is 11.8. The maximum Gasteiger partial charge on any atom is 0.163 e. The molecule has 4 nitrogen and oxygen atoms in total. The highest BCUT2D eigenvalue weighted by Gasteiger charge is 2.35. The van der Waals surface area contributed by atoms with E-state index in [0.717, 1.165) is 12.8 Å². The smallest absolute Gasteiger partial charge is 0.163 e. The highest BCUT2D eigenvalue weighted by molar-refractivity contribution is 4.76. The molecule has 2 fully saturated rings. The lowest BCUT2D eigenvalue weighted by molar-refractivity contribution is -0.146. The molecule has 94 valence electrons. The topological polar surface area (TPSA) is 36.9 Å². The third-order valence-electron chi connectivity index (χ3n) is 2.95. The van der Waals surface area contributed by atoms with Crippen molar-refractivity contribution < 1.29 is 18.9 Å². The summed E-state index contributed by atoms with van der Waals surface area (Å²) in [6.45, 7) is 9.17. The van der Waals surface area contributed by atoms with Gasteiger partial charge < -0.3 is 18.9 Å². The Morgan fingerprint density at radius 2 is 1.19 bits per heavy atom. The van der Waals surface area contributed by atoms with Crippen LogP contribution in [0.4, 0.5) is 0 Å². The minimum Gasteiger partial charge on any atom is -0.348 e. The van der Waals surface area contributed by atoms with E-state index in [1.807, 2.05) is 27.7 Å². The van der Waals surface area contributed by atoms with Gasteiger partial charge in [-0.1, -0.05) is 0 Å². The highest BCUT2D eigenvalue weighted by Crippen LogP contribution is 2.28. The van der Waals surface area contributed by atoms with Crippen molar-refractivity contribution in [3.63, 3.8) is 0 Å². The van der Waals surface area contributed by atoms with Crippen molar-refractivity contribution in [2.75, 3.05) is 13.2 Å². The number of hydrogen-bond acceptors (Lipinski definition) is 4. The van der Waals surface area contributed by atoms with Gasteiger partial charge in [0.15, 0.2) is 11.6 Å². The van der Waals surface area contributed by atoms with Gasteiger partial charge in [0.25, 0.3) is 0 Å². The summed E-state index contributed by atoms with van der Waals surface area (Å²) in [5.74, 6) is -0.839. The first-order chi connectivity index (χ1) is 7.36. The fourth-order valence-corrected chi connectivity index (χ4v) is 2.18. The molecule has 0 radical (unpaired) electrons. The summed E-state index contributed by atoms with van der Waals surface area (Å²) in [5, 5.41) is 0. The van der Waals surface area contributed by atoms with Gasteiger partial charge in [-0.2, -0.15) is 0 Å². The molecule has 0 aromatic rings. The van der Waals surface area contributed by atoms with Crippen molar-refractivity contribution in [3.8, 4) is 0 Å². The number of rotatable bonds is 3. The van der Waals surface area contributed by atoms with E-state index < -0.39 is 11.6 Å². The molecule has 0 N–H and O–H groups in total. The van der Waals surface area contributed by atoms with Gasteiger partial charge in [-0.15, -0.1) is 0 Å². The number of ether oxygens (including phenoxy) is 4. The molecule has 2 heterocycles. The molecule has 0 bridgehead atoms. The van der Waals surface area contributed by atoms with E-state index in [9.17, 15) is 0 Å². The van der Waals surface area contributed by atoms with Gasteiger partial charge in [0, 0.05) is 0 Å². The second-order valence-electron chi connectivity index (χ2n) is 5.48.